The Morgan fingerprint density at radius 2 is 1.82 bits per heavy atom. The van der Waals surface area contributed by atoms with Gasteiger partial charge in [0.2, 0.25) is 6.29 Å². The standard InChI is InChI=1S/C6H12NO2P.H2O/c8-10(9)6-7-4-2-1-3-5-7;/h1-6H2;1H2/p+1. The molecule has 0 saturated carbocycles. The molecule has 4 nitrogen and oxygen atoms in total. The Labute approximate surface area is 67.4 Å². The zero-order valence-corrected chi connectivity index (χ0v) is 7.39. The molecule has 1 rings (SSSR count). The highest BCUT2D eigenvalue weighted by Gasteiger charge is 2.19. The van der Waals surface area contributed by atoms with Crippen LogP contribution in [0.25, 0.3) is 0 Å². The molecule has 5 heteroatoms. The third-order valence-corrected chi connectivity index (χ3v) is 2.41. The van der Waals surface area contributed by atoms with Crippen LogP contribution in [0, 0.1) is 0 Å². The minimum atomic E-state index is -1.95. The van der Waals surface area contributed by atoms with Crippen molar-refractivity contribution in [2.45, 2.75) is 19.3 Å². The van der Waals surface area contributed by atoms with Gasteiger partial charge in [-0.05, 0) is 17.4 Å². The highest BCUT2D eigenvalue weighted by atomic mass is 31.1. The lowest BCUT2D eigenvalue weighted by Crippen LogP contribution is -2.29. The number of likely N-dealkylation sites (tertiary alicyclic amines) is 1. The SMILES string of the molecule is O.O=[P+](O)CN1CCCCC1. The van der Waals surface area contributed by atoms with Crippen molar-refractivity contribution in [3.8, 4) is 0 Å². The molecular weight excluding hydrogens is 165 g/mol. The summed E-state index contributed by atoms with van der Waals surface area (Å²) >= 11 is 0. The molecule has 66 valence electrons. The lowest BCUT2D eigenvalue weighted by atomic mass is 10.1. The van der Waals surface area contributed by atoms with E-state index in [1.54, 1.807) is 0 Å². The second kappa shape index (κ2) is 5.61. The molecule has 0 radical (unpaired) electrons. The molecular formula is C6H15NO3P+. The highest BCUT2D eigenvalue weighted by molar-refractivity contribution is 7.37. The molecule has 1 atom stereocenters. The van der Waals surface area contributed by atoms with Gasteiger partial charge in [-0.3, -0.25) is 4.90 Å². The summed E-state index contributed by atoms with van der Waals surface area (Å²) in [6, 6.07) is 0. The average Bonchev–Trinajstić information content (AvgIpc) is 1.88. The lowest BCUT2D eigenvalue weighted by molar-refractivity contribution is 0.256. The Bertz CT molecular complexity index is 125. The van der Waals surface area contributed by atoms with Gasteiger partial charge in [0.15, 0.2) is 0 Å². The predicted octanol–water partition coefficient (Wildman–Crippen LogP) is 0.340. The molecule has 1 aliphatic rings. The summed E-state index contributed by atoms with van der Waals surface area (Å²) in [6.45, 7) is 2.00. The van der Waals surface area contributed by atoms with Gasteiger partial charge in [0.1, 0.15) is 0 Å². The van der Waals surface area contributed by atoms with Crippen molar-refractivity contribution in [1.29, 1.82) is 0 Å². The number of hydrogen-bond donors (Lipinski definition) is 1. The smallest absolute Gasteiger partial charge is 0.412 e. The van der Waals surface area contributed by atoms with E-state index in [1.165, 1.54) is 19.3 Å². The predicted molar refractivity (Wildman–Crippen MR) is 43.7 cm³/mol. The fourth-order valence-electron chi connectivity index (χ4n) is 1.27. The summed E-state index contributed by atoms with van der Waals surface area (Å²) in [5.41, 5.74) is 0. The molecule has 0 aromatic rings. The van der Waals surface area contributed by atoms with Crippen molar-refractivity contribution in [2.24, 2.45) is 0 Å². The number of piperidine rings is 1. The third-order valence-electron chi connectivity index (χ3n) is 1.77. The van der Waals surface area contributed by atoms with E-state index in [2.05, 4.69) is 4.90 Å². The molecule has 0 aromatic heterocycles. The van der Waals surface area contributed by atoms with E-state index >= 15 is 0 Å². The Kier molecular flexibility index (Phi) is 5.60. The van der Waals surface area contributed by atoms with Gasteiger partial charge >= 0.3 is 8.03 Å². The van der Waals surface area contributed by atoms with Gasteiger partial charge in [-0.2, -0.15) is 4.89 Å². The molecule has 0 bridgehead atoms. The van der Waals surface area contributed by atoms with Crippen molar-refractivity contribution >= 4 is 8.03 Å². The molecule has 0 aliphatic carbocycles. The van der Waals surface area contributed by atoms with Crippen molar-refractivity contribution in [3.63, 3.8) is 0 Å². The first-order chi connectivity index (χ1) is 4.79. The molecule has 0 amide bonds. The number of nitrogens with zero attached hydrogens (tertiary/aromatic N) is 1. The summed E-state index contributed by atoms with van der Waals surface area (Å²) in [5.74, 6) is 0. The molecule has 1 unspecified atom stereocenters. The van der Waals surface area contributed by atoms with Crippen molar-refractivity contribution < 1.29 is 14.9 Å². The fourth-order valence-corrected chi connectivity index (χ4v) is 1.90. The molecule has 1 aliphatic heterocycles. The third kappa shape index (κ3) is 4.43. The normalized spacial score (nSPS) is 20.6. The van der Waals surface area contributed by atoms with E-state index in [0.29, 0.717) is 6.29 Å². The van der Waals surface area contributed by atoms with Gasteiger partial charge in [0.25, 0.3) is 0 Å². The zero-order chi connectivity index (χ0) is 7.40. The quantitative estimate of drug-likeness (QED) is 0.623. The van der Waals surface area contributed by atoms with Crippen LogP contribution in [-0.4, -0.2) is 34.6 Å². The van der Waals surface area contributed by atoms with E-state index in [-0.39, 0.29) is 5.48 Å². The summed E-state index contributed by atoms with van der Waals surface area (Å²) in [5, 5.41) is 0. The van der Waals surface area contributed by atoms with Gasteiger partial charge in [0.05, 0.1) is 0 Å². The first-order valence-electron chi connectivity index (χ1n) is 3.65. The van der Waals surface area contributed by atoms with Crippen LogP contribution in [0.5, 0.6) is 0 Å². The maximum absolute atomic E-state index is 10.4. The first kappa shape index (κ1) is 11.0. The Hall–Kier alpha value is -0.0200. The van der Waals surface area contributed by atoms with Crippen LogP contribution in [0.2, 0.25) is 0 Å². The van der Waals surface area contributed by atoms with Crippen LogP contribution >= 0.6 is 8.03 Å². The molecule has 0 spiro atoms. The van der Waals surface area contributed by atoms with Gasteiger partial charge in [-0.1, -0.05) is 6.42 Å². The molecule has 0 aromatic carbocycles. The topological polar surface area (TPSA) is 72.0 Å². The van der Waals surface area contributed by atoms with E-state index in [9.17, 15) is 4.57 Å². The van der Waals surface area contributed by atoms with E-state index in [0.717, 1.165) is 13.1 Å². The van der Waals surface area contributed by atoms with Gasteiger partial charge in [-0.25, -0.2) is 0 Å². The maximum atomic E-state index is 10.4. The molecule has 1 fully saturated rings. The number of hydrogen-bond acceptors (Lipinski definition) is 2. The Morgan fingerprint density at radius 1 is 1.27 bits per heavy atom. The van der Waals surface area contributed by atoms with E-state index in [4.69, 9.17) is 4.89 Å². The van der Waals surface area contributed by atoms with E-state index < -0.39 is 8.03 Å². The van der Waals surface area contributed by atoms with Crippen LogP contribution in [0.4, 0.5) is 0 Å². The van der Waals surface area contributed by atoms with Gasteiger partial charge in [0, 0.05) is 13.1 Å². The summed E-state index contributed by atoms with van der Waals surface area (Å²) < 4.78 is 10.4. The minimum Gasteiger partial charge on any atom is -0.412 e. The first-order valence-corrected chi connectivity index (χ1v) is 5.05. The molecule has 1 heterocycles. The van der Waals surface area contributed by atoms with Crippen molar-refractivity contribution in [3.05, 3.63) is 0 Å². The Balaban J connectivity index is 0.000001000. The highest BCUT2D eigenvalue weighted by Crippen LogP contribution is 2.18. The largest absolute Gasteiger partial charge is 0.521 e. The van der Waals surface area contributed by atoms with Crippen molar-refractivity contribution in [1.82, 2.24) is 4.90 Å². The molecule has 1 saturated heterocycles. The zero-order valence-electron chi connectivity index (χ0n) is 6.49. The monoisotopic (exact) mass is 180 g/mol. The van der Waals surface area contributed by atoms with Gasteiger partial charge in [-0.15, -0.1) is 0 Å². The van der Waals surface area contributed by atoms with Crippen LogP contribution in [0.1, 0.15) is 19.3 Å². The summed E-state index contributed by atoms with van der Waals surface area (Å²) in [4.78, 5) is 10.6. The van der Waals surface area contributed by atoms with Crippen LogP contribution in [0.15, 0.2) is 0 Å². The minimum absolute atomic E-state index is 0. The molecule has 3 N–H and O–H groups in total. The van der Waals surface area contributed by atoms with Crippen LogP contribution in [-0.2, 0) is 4.57 Å². The van der Waals surface area contributed by atoms with Crippen LogP contribution < -0.4 is 0 Å². The average molecular weight is 180 g/mol. The summed E-state index contributed by atoms with van der Waals surface area (Å²) in [7, 11) is -1.95. The van der Waals surface area contributed by atoms with E-state index in [1.807, 2.05) is 0 Å². The van der Waals surface area contributed by atoms with Gasteiger partial charge < -0.3 is 5.48 Å². The second-order valence-electron chi connectivity index (χ2n) is 2.67. The number of rotatable bonds is 2. The van der Waals surface area contributed by atoms with Crippen LogP contribution in [0.3, 0.4) is 0 Å². The second-order valence-corrected chi connectivity index (χ2v) is 3.66. The summed E-state index contributed by atoms with van der Waals surface area (Å²) in [6.07, 6.45) is 4.01. The fraction of sp³-hybridized carbons (Fsp3) is 1.00. The van der Waals surface area contributed by atoms with Crippen molar-refractivity contribution in [2.75, 3.05) is 19.4 Å². The Morgan fingerprint density at radius 3 is 2.27 bits per heavy atom. The maximum Gasteiger partial charge on any atom is 0.521 e. The molecule has 11 heavy (non-hydrogen) atoms. The lowest BCUT2D eigenvalue weighted by Gasteiger charge is -2.20.